The van der Waals surface area contributed by atoms with Crippen molar-refractivity contribution in [1.29, 1.82) is 0 Å². The van der Waals surface area contributed by atoms with Crippen LogP contribution in [-0.2, 0) is 0 Å². The Morgan fingerprint density at radius 3 is 2.68 bits per heavy atom. The van der Waals surface area contributed by atoms with Gasteiger partial charge in [0, 0.05) is 3.57 Å². The molecule has 7 heteroatoms. The Balaban J connectivity index is 1.84. The molecule has 0 fully saturated rings. The van der Waals surface area contributed by atoms with Crippen molar-refractivity contribution in [1.82, 2.24) is 14.6 Å². The second-order valence-corrected chi connectivity index (χ2v) is 7.78. The van der Waals surface area contributed by atoms with E-state index in [1.807, 2.05) is 47.9 Å². The average molecular weight is 437 g/mol. The molecule has 4 aromatic rings. The minimum Gasteiger partial charge on any atom is -0.266 e. The Labute approximate surface area is 146 Å². The number of hydrogen-bond donors (Lipinski definition) is 0. The fourth-order valence-corrected chi connectivity index (χ4v) is 3.97. The molecule has 0 aliphatic rings. The van der Waals surface area contributed by atoms with Crippen LogP contribution < -0.4 is 10.1 Å². The Hall–Kier alpha value is -1.58. The number of nitrogens with zero attached hydrogens (tertiary/aromatic N) is 3. The summed E-state index contributed by atoms with van der Waals surface area (Å²) in [4.78, 5) is 18.5. The number of fused-ring (bicyclic) bond motifs is 1. The van der Waals surface area contributed by atoms with Crippen LogP contribution in [0.2, 0.25) is 0 Å². The molecule has 4 nitrogen and oxygen atoms in total. The van der Waals surface area contributed by atoms with E-state index in [-0.39, 0.29) is 5.56 Å². The van der Waals surface area contributed by atoms with E-state index in [0.29, 0.717) is 15.3 Å². The molecule has 0 amide bonds. The molecule has 0 saturated carbocycles. The Morgan fingerprint density at radius 2 is 2.00 bits per heavy atom. The number of hydrogen-bond acceptors (Lipinski definition) is 5. The van der Waals surface area contributed by atoms with Crippen molar-refractivity contribution >= 4 is 56.3 Å². The number of rotatable bonds is 2. The van der Waals surface area contributed by atoms with Gasteiger partial charge >= 0.3 is 0 Å². The smallest absolute Gasteiger partial charge is 0.266 e. The maximum Gasteiger partial charge on any atom is 0.291 e. The summed E-state index contributed by atoms with van der Waals surface area (Å²) in [5.74, 6) is 0.610. The monoisotopic (exact) mass is 437 g/mol. The van der Waals surface area contributed by atoms with Crippen molar-refractivity contribution in [3.8, 4) is 10.7 Å². The lowest BCUT2D eigenvalue weighted by atomic mass is 10.2. The second kappa shape index (κ2) is 5.56. The summed E-state index contributed by atoms with van der Waals surface area (Å²) >= 11 is 5.19. The largest absolute Gasteiger partial charge is 0.291 e. The van der Waals surface area contributed by atoms with E-state index in [1.165, 1.54) is 19.4 Å². The SMILES string of the molecule is O=c1/c(=C/c2ccc(I)cc2)sc2nc(-c3cccs3)nn12. The molecule has 3 aromatic heterocycles. The first kappa shape index (κ1) is 14.0. The van der Waals surface area contributed by atoms with Gasteiger partial charge in [-0.2, -0.15) is 9.50 Å². The Bertz CT molecular complexity index is 1050. The number of thiophene rings is 1. The van der Waals surface area contributed by atoms with E-state index < -0.39 is 0 Å². The summed E-state index contributed by atoms with van der Waals surface area (Å²) in [7, 11) is 0. The van der Waals surface area contributed by atoms with Gasteiger partial charge in [0.25, 0.3) is 5.56 Å². The van der Waals surface area contributed by atoms with Gasteiger partial charge in [-0.25, -0.2) is 0 Å². The maximum atomic E-state index is 12.4. The van der Waals surface area contributed by atoms with E-state index >= 15 is 0 Å². The van der Waals surface area contributed by atoms with Crippen molar-refractivity contribution in [3.05, 3.63) is 65.8 Å². The number of aromatic nitrogens is 3. The van der Waals surface area contributed by atoms with Crippen LogP contribution in [-0.4, -0.2) is 14.6 Å². The highest BCUT2D eigenvalue weighted by atomic mass is 127. The maximum absolute atomic E-state index is 12.4. The third kappa shape index (κ3) is 2.49. The summed E-state index contributed by atoms with van der Waals surface area (Å²) in [5, 5.41) is 6.29. The highest BCUT2D eigenvalue weighted by Gasteiger charge is 2.12. The first-order chi connectivity index (χ1) is 10.7. The number of benzene rings is 1. The summed E-state index contributed by atoms with van der Waals surface area (Å²) < 4.78 is 3.20. The quantitative estimate of drug-likeness (QED) is 0.453. The first-order valence-corrected chi connectivity index (χ1v) is 9.19. The molecule has 0 aliphatic carbocycles. The van der Waals surface area contributed by atoms with Crippen molar-refractivity contribution in [2.24, 2.45) is 0 Å². The number of halogens is 1. The number of thiazole rings is 1. The molecule has 108 valence electrons. The molecule has 0 N–H and O–H groups in total. The molecule has 0 spiro atoms. The molecular formula is C15H8IN3OS2. The predicted octanol–water partition coefficient (Wildman–Crippen LogP) is 3.03. The molecule has 1 aromatic carbocycles. The molecule has 0 atom stereocenters. The van der Waals surface area contributed by atoms with E-state index in [9.17, 15) is 4.79 Å². The molecule has 0 bridgehead atoms. The summed E-state index contributed by atoms with van der Waals surface area (Å²) in [6.45, 7) is 0. The van der Waals surface area contributed by atoms with Gasteiger partial charge in [0.2, 0.25) is 4.96 Å². The normalized spacial score (nSPS) is 12.3. The third-order valence-corrected chi connectivity index (χ3v) is 5.64. The van der Waals surface area contributed by atoms with Crippen LogP contribution in [0.4, 0.5) is 0 Å². The van der Waals surface area contributed by atoms with Gasteiger partial charge in [0.15, 0.2) is 5.82 Å². The van der Waals surface area contributed by atoms with E-state index in [2.05, 4.69) is 32.7 Å². The molecule has 0 radical (unpaired) electrons. The van der Waals surface area contributed by atoms with Gasteiger partial charge in [-0.1, -0.05) is 29.5 Å². The van der Waals surface area contributed by atoms with Crippen LogP contribution >= 0.6 is 45.3 Å². The fourth-order valence-electron chi connectivity index (χ4n) is 2.05. The topological polar surface area (TPSA) is 47.3 Å². The molecule has 3 heterocycles. The molecular weight excluding hydrogens is 429 g/mol. The van der Waals surface area contributed by atoms with Gasteiger partial charge in [-0.15, -0.1) is 16.4 Å². The van der Waals surface area contributed by atoms with Crippen LogP contribution in [0.5, 0.6) is 0 Å². The fraction of sp³-hybridized carbons (Fsp3) is 0. The van der Waals surface area contributed by atoms with Crippen LogP contribution in [0, 0.1) is 3.57 Å². The predicted molar refractivity (Wildman–Crippen MR) is 98.4 cm³/mol. The lowest BCUT2D eigenvalue weighted by Crippen LogP contribution is -2.23. The molecule has 22 heavy (non-hydrogen) atoms. The Kier molecular flexibility index (Phi) is 3.55. The summed E-state index contributed by atoms with van der Waals surface area (Å²) in [5.41, 5.74) is 0.884. The van der Waals surface area contributed by atoms with Crippen LogP contribution in [0.25, 0.3) is 21.7 Å². The van der Waals surface area contributed by atoms with E-state index in [1.54, 1.807) is 11.3 Å². The zero-order chi connectivity index (χ0) is 15.1. The highest BCUT2D eigenvalue weighted by molar-refractivity contribution is 14.1. The van der Waals surface area contributed by atoms with Gasteiger partial charge in [-0.05, 0) is 57.8 Å². The van der Waals surface area contributed by atoms with E-state index in [0.717, 1.165) is 10.4 Å². The van der Waals surface area contributed by atoms with Gasteiger partial charge in [0.05, 0.1) is 9.41 Å². The Morgan fingerprint density at radius 1 is 1.18 bits per heavy atom. The van der Waals surface area contributed by atoms with Crippen LogP contribution in [0.15, 0.2) is 46.6 Å². The van der Waals surface area contributed by atoms with Crippen molar-refractivity contribution < 1.29 is 0 Å². The van der Waals surface area contributed by atoms with Crippen LogP contribution in [0.3, 0.4) is 0 Å². The van der Waals surface area contributed by atoms with Gasteiger partial charge < -0.3 is 0 Å². The first-order valence-electron chi connectivity index (χ1n) is 6.41. The van der Waals surface area contributed by atoms with Crippen molar-refractivity contribution in [3.63, 3.8) is 0 Å². The zero-order valence-electron chi connectivity index (χ0n) is 11.1. The average Bonchev–Trinajstić information content (AvgIpc) is 3.20. The molecule has 0 aliphatic heterocycles. The molecule has 4 rings (SSSR count). The minimum atomic E-state index is -0.117. The van der Waals surface area contributed by atoms with Crippen molar-refractivity contribution in [2.45, 2.75) is 0 Å². The van der Waals surface area contributed by atoms with E-state index in [4.69, 9.17) is 0 Å². The lowest BCUT2D eigenvalue weighted by molar-refractivity contribution is 0.938. The second-order valence-electron chi connectivity index (χ2n) is 4.57. The molecule has 0 unspecified atom stereocenters. The summed E-state index contributed by atoms with van der Waals surface area (Å²) in [6.07, 6.45) is 1.88. The standard InChI is InChI=1S/C15H8IN3OS2/c16-10-5-3-9(4-6-10)8-12-14(20)19-15(22-12)17-13(18-19)11-2-1-7-21-11/h1-8H/b12-8-. The van der Waals surface area contributed by atoms with Gasteiger partial charge in [0.1, 0.15) is 0 Å². The summed E-state index contributed by atoms with van der Waals surface area (Å²) in [6, 6.07) is 11.9. The highest BCUT2D eigenvalue weighted by Crippen LogP contribution is 2.21. The van der Waals surface area contributed by atoms with Crippen molar-refractivity contribution in [2.75, 3.05) is 0 Å². The third-order valence-electron chi connectivity index (χ3n) is 3.09. The lowest BCUT2D eigenvalue weighted by Gasteiger charge is -1.91. The zero-order valence-corrected chi connectivity index (χ0v) is 14.9. The minimum absolute atomic E-state index is 0.117. The van der Waals surface area contributed by atoms with Gasteiger partial charge in [-0.3, -0.25) is 4.79 Å². The van der Waals surface area contributed by atoms with Crippen LogP contribution in [0.1, 0.15) is 5.56 Å². The molecule has 0 saturated heterocycles.